The van der Waals surface area contributed by atoms with Gasteiger partial charge >= 0.3 is 0 Å². The van der Waals surface area contributed by atoms with Crippen LogP contribution < -0.4 is 10.1 Å². The summed E-state index contributed by atoms with van der Waals surface area (Å²) in [6, 6.07) is 6.96. The van der Waals surface area contributed by atoms with Crippen LogP contribution in [0.4, 0.5) is 0 Å². The summed E-state index contributed by atoms with van der Waals surface area (Å²) >= 11 is 3.50. The van der Waals surface area contributed by atoms with Crippen LogP contribution in [0, 0.1) is 0 Å². The van der Waals surface area contributed by atoms with E-state index in [1.807, 2.05) is 6.07 Å². The van der Waals surface area contributed by atoms with E-state index < -0.39 is 0 Å². The molecule has 1 saturated heterocycles. The van der Waals surface area contributed by atoms with Crippen LogP contribution in [-0.2, 0) is 6.42 Å². The van der Waals surface area contributed by atoms with Gasteiger partial charge in [-0.15, -0.1) is 0 Å². The quantitative estimate of drug-likeness (QED) is 0.918. The highest BCUT2D eigenvalue weighted by molar-refractivity contribution is 9.10. The van der Waals surface area contributed by atoms with E-state index in [2.05, 4.69) is 45.3 Å². The average Bonchev–Trinajstić information content (AvgIpc) is 2.55. The molecule has 2 aliphatic rings. The Morgan fingerprint density at radius 3 is 3.00 bits per heavy atom. The number of fused-ring (bicyclic) bond motifs is 1. The van der Waals surface area contributed by atoms with Crippen LogP contribution in [0.2, 0.25) is 0 Å². The lowest BCUT2D eigenvalue weighted by atomic mass is 10.1. The molecule has 0 aromatic heterocycles. The van der Waals surface area contributed by atoms with Gasteiger partial charge in [0.25, 0.3) is 0 Å². The smallest absolute Gasteiger partial charge is 0.123 e. The molecule has 1 unspecified atom stereocenters. The molecule has 0 spiro atoms. The van der Waals surface area contributed by atoms with Gasteiger partial charge in [-0.3, -0.25) is 4.90 Å². The summed E-state index contributed by atoms with van der Waals surface area (Å²) in [4.78, 5) is 2.40. The van der Waals surface area contributed by atoms with Crippen molar-refractivity contribution >= 4 is 15.9 Å². The van der Waals surface area contributed by atoms with Crippen molar-refractivity contribution in [1.82, 2.24) is 10.2 Å². The lowest BCUT2D eigenvalue weighted by Crippen LogP contribution is -2.57. The van der Waals surface area contributed by atoms with Gasteiger partial charge in [0.05, 0.1) is 0 Å². The first-order chi connectivity index (χ1) is 8.22. The topological polar surface area (TPSA) is 24.5 Å². The van der Waals surface area contributed by atoms with E-state index in [4.69, 9.17) is 4.74 Å². The first-order valence-corrected chi connectivity index (χ1v) is 6.88. The predicted octanol–water partition coefficient (Wildman–Crippen LogP) is 1.66. The highest BCUT2D eigenvalue weighted by Crippen LogP contribution is 2.31. The number of hydrogen-bond donors (Lipinski definition) is 1. The van der Waals surface area contributed by atoms with Gasteiger partial charge in [-0.1, -0.05) is 15.9 Å². The van der Waals surface area contributed by atoms with Gasteiger partial charge in [-0.25, -0.2) is 0 Å². The zero-order valence-electron chi connectivity index (χ0n) is 9.95. The van der Waals surface area contributed by atoms with Crippen molar-refractivity contribution in [2.24, 2.45) is 0 Å². The van der Waals surface area contributed by atoms with Crippen molar-refractivity contribution in [3.05, 3.63) is 28.2 Å². The van der Waals surface area contributed by atoms with Crippen LogP contribution in [0.5, 0.6) is 5.75 Å². The van der Waals surface area contributed by atoms with Gasteiger partial charge in [0.2, 0.25) is 0 Å². The molecule has 0 saturated carbocycles. The molecule has 92 valence electrons. The van der Waals surface area contributed by atoms with Crippen molar-refractivity contribution in [1.29, 1.82) is 0 Å². The zero-order chi connectivity index (χ0) is 11.8. The standard InChI is InChI=1S/C13H17BrN2O/c1-16(11-6-15-7-11)8-12-5-9-4-10(14)2-3-13(9)17-12/h2-4,11-12,15H,5-8H2,1H3. The van der Waals surface area contributed by atoms with E-state index in [1.54, 1.807) is 0 Å². The third-order valence-electron chi connectivity index (χ3n) is 3.64. The van der Waals surface area contributed by atoms with E-state index in [1.165, 1.54) is 5.56 Å². The molecule has 0 bridgehead atoms. The molecule has 2 aliphatic heterocycles. The molecular formula is C13H17BrN2O. The fraction of sp³-hybridized carbons (Fsp3) is 0.538. The van der Waals surface area contributed by atoms with Crippen molar-refractivity contribution in [3.63, 3.8) is 0 Å². The molecule has 0 radical (unpaired) electrons. The molecular weight excluding hydrogens is 280 g/mol. The summed E-state index contributed by atoms with van der Waals surface area (Å²) in [5, 5.41) is 3.30. The first-order valence-electron chi connectivity index (χ1n) is 6.08. The summed E-state index contributed by atoms with van der Waals surface area (Å²) in [5.41, 5.74) is 1.32. The predicted molar refractivity (Wildman–Crippen MR) is 71.5 cm³/mol. The van der Waals surface area contributed by atoms with Crippen molar-refractivity contribution < 1.29 is 4.74 Å². The average molecular weight is 297 g/mol. The molecule has 1 N–H and O–H groups in total. The van der Waals surface area contributed by atoms with Crippen LogP contribution in [0.1, 0.15) is 5.56 Å². The third kappa shape index (κ3) is 2.34. The van der Waals surface area contributed by atoms with Gasteiger partial charge in [0.1, 0.15) is 11.9 Å². The van der Waals surface area contributed by atoms with Crippen LogP contribution >= 0.6 is 15.9 Å². The summed E-state index contributed by atoms with van der Waals surface area (Å²) in [6.45, 7) is 3.24. The van der Waals surface area contributed by atoms with Crippen LogP contribution in [0.15, 0.2) is 22.7 Å². The summed E-state index contributed by atoms with van der Waals surface area (Å²) in [6.07, 6.45) is 1.34. The van der Waals surface area contributed by atoms with Crippen molar-refractivity contribution in [3.8, 4) is 5.75 Å². The molecule has 0 amide bonds. The zero-order valence-corrected chi connectivity index (χ0v) is 11.5. The first kappa shape index (κ1) is 11.5. The SMILES string of the molecule is CN(CC1Cc2cc(Br)ccc2O1)C1CNC1. The monoisotopic (exact) mass is 296 g/mol. The Morgan fingerprint density at radius 1 is 1.47 bits per heavy atom. The second-order valence-electron chi connectivity index (χ2n) is 4.95. The minimum atomic E-state index is 0.310. The number of likely N-dealkylation sites (N-methyl/N-ethyl adjacent to an activating group) is 1. The second kappa shape index (κ2) is 4.59. The van der Waals surface area contributed by atoms with E-state index in [9.17, 15) is 0 Å². The number of nitrogens with zero attached hydrogens (tertiary/aromatic N) is 1. The Balaban J connectivity index is 1.61. The molecule has 1 aromatic rings. The van der Waals surface area contributed by atoms with E-state index in [-0.39, 0.29) is 0 Å². The summed E-state index contributed by atoms with van der Waals surface area (Å²) in [7, 11) is 2.19. The number of hydrogen-bond acceptors (Lipinski definition) is 3. The maximum absolute atomic E-state index is 5.97. The molecule has 4 heteroatoms. The molecule has 2 heterocycles. The maximum atomic E-state index is 5.97. The Kier molecular flexibility index (Phi) is 3.11. The van der Waals surface area contributed by atoms with Crippen molar-refractivity contribution in [2.75, 3.05) is 26.7 Å². The number of nitrogens with one attached hydrogen (secondary N) is 1. The van der Waals surface area contributed by atoms with E-state index in [0.717, 1.165) is 36.3 Å². The Morgan fingerprint density at radius 2 is 2.29 bits per heavy atom. The molecule has 3 rings (SSSR count). The molecule has 3 nitrogen and oxygen atoms in total. The maximum Gasteiger partial charge on any atom is 0.123 e. The number of ether oxygens (including phenoxy) is 1. The normalized spacial score (nSPS) is 23.4. The van der Waals surface area contributed by atoms with Crippen molar-refractivity contribution in [2.45, 2.75) is 18.6 Å². The summed E-state index contributed by atoms with van der Waals surface area (Å²) < 4.78 is 7.10. The fourth-order valence-electron chi connectivity index (χ4n) is 2.45. The minimum Gasteiger partial charge on any atom is -0.488 e. The fourth-order valence-corrected chi connectivity index (χ4v) is 2.85. The van der Waals surface area contributed by atoms with Gasteiger partial charge in [-0.2, -0.15) is 0 Å². The molecule has 0 aliphatic carbocycles. The Labute approximate surface area is 110 Å². The van der Waals surface area contributed by atoms with E-state index in [0.29, 0.717) is 12.1 Å². The van der Waals surface area contributed by atoms with Gasteiger partial charge in [0.15, 0.2) is 0 Å². The number of halogens is 1. The second-order valence-corrected chi connectivity index (χ2v) is 5.86. The molecule has 17 heavy (non-hydrogen) atoms. The largest absolute Gasteiger partial charge is 0.488 e. The minimum absolute atomic E-state index is 0.310. The van der Waals surface area contributed by atoms with Crippen LogP contribution in [0.3, 0.4) is 0 Å². The van der Waals surface area contributed by atoms with E-state index >= 15 is 0 Å². The number of benzene rings is 1. The lowest BCUT2D eigenvalue weighted by Gasteiger charge is -2.36. The number of rotatable bonds is 3. The van der Waals surface area contributed by atoms with Gasteiger partial charge < -0.3 is 10.1 Å². The lowest BCUT2D eigenvalue weighted by molar-refractivity contribution is 0.113. The molecule has 1 fully saturated rings. The highest BCUT2D eigenvalue weighted by Gasteiger charge is 2.28. The van der Waals surface area contributed by atoms with Crippen LogP contribution in [0.25, 0.3) is 0 Å². The summed E-state index contributed by atoms with van der Waals surface area (Å²) in [5.74, 6) is 1.05. The molecule has 1 aromatic carbocycles. The Hall–Kier alpha value is -0.580. The highest BCUT2D eigenvalue weighted by atomic mass is 79.9. The Bertz CT molecular complexity index is 420. The van der Waals surface area contributed by atoms with Gasteiger partial charge in [-0.05, 0) is 30.8 Å². The third-order valence-corrected chi connectivity index (χ3v) is 4.13. The van der Waals surface area contributed by atoms with Crippen LogP contribution in [-0.4, -0.2) is 43.7 Å². The van der Waals surface area contributed by atoms with Gasteiger partial charge in [0, 0.05) is 36.6 Å². The molecule has 1 atom stereocenters.